The SMILES string of the molecule is COc1ccc(CCN2C(=O)C(Cl)=C(c3ccc([N+](=O)[O-])cc3)C2=O)cc1. The Labute approximate surface area is 160 Å². The number of amides is 2. The first kappa shape index (κ1) is 18.6. The van der Waals surface area contributed by atoms with E-state index in [1.165, 1.54) is 24.3 Å². The maximum absolute atomic E-state index is 12.7. The molecule has 7 nitrogen and oxygen atoms in total. The molecule has 0 radical (unpaired) electrons. The van der Waals surface area contributed by atoms with Crippen LogP contribution in [0.25, 0.3) is 5.57 Å². The fraction of sp³-hybridized carbons (Fsp3) is 0.158. The third-order valence-electron chi connectivity index (χ3n) is 4.26. The van der Waals surface area contributed by atoms with Crippen LogP contribution in [0.4, 0.5) is 5.69 Å². The standard InChI is InChI=1S/C19H15ClN2O5/c1-27-15-8-2-12(3-9-15)10-11-21-18(23)16(17(20)19(21)24)13-4-6-14(7-5-13)22(25)26/h2-9H,10-11H2,1H3. The molecule has 1 aliphatic heterocycles. The van der Waals surface area contributed by atoms with Gasteiger partial charge in [-0.25, -0.2) is 0 Å². The molecule has 2 aromatic rings. The zero-order chi connectivity index (χ0) is 19.6. The van der Waals surface area contributed by atoms with Crippen molar-refractivity contribution in [1.82, 2.24) is 4.90 Å². The van der Waals surface area contributed by atoms with E-state index in [4.69, 9.17) is 16.3 Å². The highest BCUT2D eigenvalue weighted by Gasteiger charge is 2.37. The van der Waals surface area contributed by atoms with E-state index in [0.29, 0.717) is 12.0 Å². The van der Waals surface area contributed by atoms with Crippen molar-refractivity contribution in [3.05, 3.63) is 74.8 Å². The number of non-ortho nitro benzene ring substituents is 1. The predicted molar refractivity (Wildman–Crippen MR) is 99.3 cm³/mol. The fourth-order valence-corrected chi connectivity index (χ4v) is 3.07. The number of nitro groups is 1. The van der Waals surface area contributed by atoms with Crippen molar-refractivity contribution in [2.24, 2.45) is 0 Å². The van der Waals surface area contributed by atoms with Gasteiger partial charge in [0.1, 0.15) is 10.8 Å². The largest absolute Gasteiger partial charge is 0.497 e. The van der Waals surface area contributed by atoms with Crippen molar-refractivity contribution in [2.45, 2.75) is 6.42 Å². The molecule has 138 valence electrons. The number of imide groups is 1. The molecule has 0 aliphatic carbocycles. The highest BCUT2D eigenvalue weighted by Crippen LogP contribution is 2.32. The molecule has 0 unspecified atom stereocenters. The van der Waals surface area contributed by atoms with Crippen molar-refractivity contribution >= 4 is 34.7 Å². The van der Waals surface area contributed by atoms with Crippen LogP contribution >= 0.6 is 11.6 Å². The minimum Gasteiger partial charge on any atom is -0.497 e. The molecule has 0 fully saturated rings. The molecule has 3 rings (SSSR count). The van der Waals surface area contributed by atoms with Gasteiger partial charge in [0.15, 0.2) is 0 Å². The van der Waals surface area contributed by atoms with Gasteiger partial charge in [-0.2, -0.15) is 0 Å². The topological polar surface area (TPSA) is 89.8 Å². The molecule has 1 aliphatic rings. The van der Waals surface area contributed by atoms with Crippen LogP contribution < -0.4 is 4.74 Å². The number of carbonyl (C=O) groups is 2. The van der Waals surface area contributed by atoms with Gasteiger partial charge >= 0.3 is 0 Å². The lowest BCUT2D eigenvalue weighted by Crippen LogP contribution is -2.33. The van der Waals surface area contributed by atoms with Crippen LogP contribution in [0.2, 0.25) is 0 Å². The molecule has 2 aromatic carbocycles. The van der Waals surface area contributed by atoms with E-state index in [1.54, 1.807) is 19.2 Å². The first-order valence-electron chi connectivity index (χ1n) is 8.06. The van der Waals surface area contributed by atoms with Gasteiger partial charge in [-0.05, 0) is 41.8 Å². The summed E-state index contributed by atoms with van der Waals surface area (Å²) >= 11 is 6.09. The summed E-state index contributed by atoms with van der Waals surface area (Å²) in [5, 5.41) is 10.6. The Balaban J connectivity index is 1.75. The van der Waals surface area contributed by atoms with Gasteiger partial charge in [0.2, 0.25) is 0 Å². The summed E-state index contributed by atoms with van der Waals surface area (Å²) in [5.74, 6) is -0.354. The molecular weight excluding hydrogens is 372 g/mol. The normalized spacial score (nSPS) is 14.1. The van der Waals surface area contributed by atoms with Gasteiger partial charge in [0, 0.05) is 18.7 Å². The summed E-state index contributed by atoms with van der Waals surface area (Å²) in [5.41, 5.74) is 1.27. The third kappa shape index (κ3) is 3.68. The number of halogens is 1. The average Bonchev–Trinajstić information content (AvgIpc) is 2.89. The minimum absolute atomic E-state index is 0.0614. The zero-order valence-electron chi connectivity index (χ0n) is 14.3. The first-order chi connectivity index (χ1) is 12.9. The molecule has 8 heteroatoms. The van der Waals surface area contributed by atoms with E-state index in [-0.39, 0.29) is 22.8 Å². The Kier molecular flexibility index (Phi) is 5.23. The molecule has 0 spiro atoms. The molecule has 0 bridgehead atoms. The summed E-state index contributed by atoms with van der Waals surface area (Å²) < 4.78 is 5.10. The molecule has 1 heterocycles. The summed E-state index contributed by atoms with van der Waals surface area (Å²) in [7, 11) is 1.57. The van der Waals surface area contributed by atoms with Crippen molar-refractivity contribution in [3.63, 3.8) is 0 Å². The number of hydrogen-bond acceptors (Lipinski definition) is 5. The highest BCUT2D eigenvalue weighted by atomic mass is 35.5. The van der Waals surface area contributed by atoms with E-state index in [9.17, 15) is 19.7 Å². The molecule has 0 atom stereocenters. The molecular formula is C19H15ClN2O5. The monoisotopic (exact) mass is 386 g/mol. The van der Waals surface area contributed by atoms with Gasteiger partial charge in [-0.1, -0.05) is 23.7 Å². The van der Waals surface area contributed by atoms with Crippen LogP contribution in [0.3, 0.4) is 0 Å². The molecule has 0 N–H and O–H groups in total. The van der Waals surface area contributed by atoms with E-state index in [2.05, 4.69) is 0 Å². The average molecular weight is 387 g/mol. The Morgan fingerprint density at radius 1 is 1.04 bits per heavy atom. The quantitative estimate of drug-likeness (QED) is 0.432. The van der Waals surface area contributed by atoms with Gasteiger partial charge in [0.05, 0.1) is 17.6 Å². The maximum atomic E-state index is 12.7. The number of hydrogen-bond donors (Lipinski definition) is 0. The van der Waals surface area contributed by atoms with Gasteiger partial charge in [-0.15, -0.1) is 0 Å². The number of rotatable bonds is 6. The second kappa shape index (κ2) is 7.59. The Hall–Kier alpha value is -3.19. The Morgan fingerprint density at radius 3 is 2.22 bits per heavy atom. The molecule has 27 heavy (non-hydrogen) atoms. The second-order valence-electron chi connectivity index (χ2n) is 5.85. The van der Waals surface area contributed by atoms with Crippen LogP contribution in [0.5, 0.6) is 5.75 Å². The lowest BCUT2D eigenvalue weighted by molar-refractivity contribution is -0.384. The molecule has 0 aromatic heterocycles. The number of benzene rings is 2. The van der Waals surface area contributed by atoms with Crippen molar-refractivity contribution in [1.29, 1.82) is 0 Å². The third-order valence-corrected chi connectivity index (χ3v) is 4.61. The van der Waals surface area contributed by atoms with E-state index < -0.39 is 16.7 Å². The molecule has 2 amide bonds. The van der Waals surface area contributed by atoms with Gasteiger partial charge in [-0.3, -0.25) is 24.6 Å². The van der Waals surface area contributed by atoms with Gasteiger partial charge < -0.3 is 4.74 Å². The molecule has 0 saturated carbocycles. The Morgan fingerprint density at radius 2 is 1.67 bits per heavy atom. The maximum Gasteiger partial charge on any atom is 0.273 e. The number of ether oxygens (including phenoxy) is 1. The Bertz CT molecular complexity index is 936. The highest BCUT2D eigenvalue weighted by molar-refractivity contribution is 6.55. The van der Waals surface area contributed by atoms with Crippen molar-refractivity contribution < 1.29 is 19.2 Å². The van der Waals surface area contributed by atoms with Crippen LogP contribution in [-0.2, 0) is 16.0 Å². The van der Waals surface area contributed by atoms with E-state index in [1.807, 2.05) is 12.1 Å². The fourth-order valence-electron chi connectivity index (χ4n) is 2.78. The van der Waals surface area contributed by atoms with Crippen LogP contribution in [-0.4, -0.2) is 35.3 Å². The number of nitrogens with zero attached hydrogens (tertiary/aromatic N) is 2. The minimum atomic E-state index is -0.566. The summed E-state index contributed by atoms with van der Waals surface area (Å²) in [6.45, 7) is 0.177. The van der Waals surface area contributed by atoms with Crippen LogP contribution in [0, 0.1) is 10.1 Å². The summed E-state index contributed by atoms with van der Waals surface area (Å²) in [4.78, 5) is 36.4. The lowest BCUT2D eigenvalue weighted by atomic mass is 10.1. The lowest BCUT2D eigenvalue weighted by Gasteiger charge is -2.15. The predicted octanol–water partition coefficient (Wildman–Crippen LogP) is 3.16. The molecule has 0 saturated heterocycles. The first-order valence-corrected chi connectivity index (χ1v) is 8.44. The zero-order valence-corrected chi connectivity index (χ0v) is 15.1. The van der Waals surface area contributed by atoms with Crippen molar-refractivity contribution in [2.75, 3.05) is 13.7 Å². The van der Waals surface area contributed by atoms with E-state index >= 15 is 0 Å². The number of nitro benzene ring substituents is 1. The van der Waals surface area contributed by atoms with Crippen molar-refractivity contribution in [3.8, 4) is 5.75 Å². The summed E-state index contributed by atoms with van der Waals surface area (Å²) in [6, 6.07) is 12.7. The number of carbonyl (C=O) groups excluding carboxylic acids is 2. The van der Waals surface area contributed by atoms with Crippen LogP contribution in [0.1, 0.15) is 11.1 Å². The van der Waals surface area contributed by atoms with Gasteiger partial charge in [0.25, 0.3) is 17.5 Å². The van der Waals surface area contributed by atoms with Crippen LogP contribution in [0.15, 0.2) is 53.6 Å². The number of methoxy groups -OCH3 is 1. The smallest absolute Gasteiger partial charge is 0.273 e. The van der Waals surface area contributed by atoms with E-state index in [0.717, 1.165) is 16.2 Å². The summed E-state index contributed by atoms with van der Waals surface area (Å²) in [6.07, 6.45) is 0.471. The second-order valence-corrected chi connectivity index (χ2v) is 6.23.